The Morgan fingerprint density at radius 1 is 0.957 bits per heavy atom. The van der Waals surface area contributed by atoms with E-state index < -0.39 is 0 Å². The van der Waals surface area contributed by atoms with Crippen LogP contribution in [0.2, 0.25) is 0 Å². The van der Waals surface area contributed by atoms with Gasteiger partial charge in [-0.05, 0) is 24.6 Å². The van der Waals surface area contributed by atoms with Crippen molar-refractivity contribution >= 4 is 5.78 Å². The Morgan fingerprint density at radius 2 is 1.52 bits per heavy atom. The second kappa shape index (κ2) is 7.10. The first-order valence-electron chi connectivity index (χ1n) is 8.57. The normalized spacial score (nSPS) is 25.5. The molecule has 0 amide bonds. The molecule has 0 aliphatic carbocycles. The maximum atomic E-state index is 12.9. The molecule has 0 unspecified atom stereocenters. The van der Waals surface area contributed by atoms with Crippen LogP contribution in [0.4, 0.5) is 0 Å². The van der Waals surface area contributed by atoms with Crippen molar-refractivity contribution in [3.63, 3.8) is 0 Å². The van der Waals surface area contributed by atoms with Crippen LogP contribution in [0.1, 0.15) is 49.4 Å². The van der Waals surface area contributed by atoms with E-state index in [0.29, 0.717) is 12.2 Å². The molecular formula is C21H25NO. The van der Waals surface area contributed by atoms with Crippen LogP contribution in [0.15, 0.2) is 60.7 Å². The summed E-state index contributed by atoms with van der Waals surface area (Å²) in [4.78, 5) is 15.3. The molecule has 0 radical (unpaired) electrons. The molecule has 1 heterocycles. The molecule has 1 aliphatic rings. The minimum Gasteiger partial charge on any atom is -0.299 e. The Bertz CT molecular complexity index is 637. The SMILES string of the molecule is CCC[C@@H]1C(=O)C[C@@H](c2ccccc2)N(C)[C@H]1c1ccccc1. The first kappa shape index (κ1) is 15.9. The molecule has 2 aromatic carbocycles. The molecule has 120 valence electrons. The van der Waals surface area contributed by atoms with E-state index in [1.165, 1.54) is 11.1 Å². The lowest BCUT2D eigenvalue weighted by Crippen LogP contribution is -2.43. The molecule has 2 heteroatoms. The summed E-state index contributed by atoms with van der Waals surface area (Å²) < 4.78 is 0. The number of ketones is 1. The summed E-state index contributed by atoms with van der Waals surface area (Å²) in [7, 11) is 2.17. The van der Waals surface area contributed by atoms with E-state index in [2.05, 4.69) is 67.4 Å². The zero-order valence-electron chi connectivity index (χ0n) is 14.0. The molecule has 2 aromatic rings. The van der Waals surface area contributed by atoms with Crippen molar-refractivity contribution in [1.82, 2.24) is 4.90 Å². The number of carbonyl (C=O) groups excluding carboxylic acids is 1. The number of carbonyl (C=O) groups is 1. The van der Waals surface area contributed by atoms with Crippen LogP contribution in [0.3, 0.4) is 0 Å². The van der Waals surface area contributed by atoms with Gasteiger partial charge in [0.1, 0.15) is 5.78 Å². The summed E-state index contributed by atoms with van der Waals surface area (Å²) in [6.45, 7) is 2.17. The highest BCUT2D eigenvalue weighted by atomic mass is 16.1. The molecule has 1 fully saturated rings. The summed E-state index contributed by atoms with van der Waals surface area (Å²) in [5.41, 5.74) is 2.49. The smallest absolute Gasteiger partial charge is 0.139 e. The van der Waals surface area contributed by atoms with Gasteiger partial charge in [-0.2, -0.15) is 0 Å². The second-order valence-electron chi connectivity index (χ2n) is 6.51. The zero-order chi connectivity index (χ0) is 16.2. The lowest BCUT2D eigenvalue weighted by atomic mass is 9.77. The van der Waals surface area contributed by atoms with Crippen LogP contribution < -0.4 is 0 Å². The number of nitrogens with zero attached hydrogens (tertiary/aromatic N) is 1. The molecule has 3 atom stereocenters. The fourth-order valence-corrected chi connectivity index (χ4v) is 3.92. The highest BCUT2D eigenvalue weighted by Gasteiger charge is 2.41. The van der Waals surface area contributed by atoms with Crippen molar-refractivity contribution in [2.45, 2.75) is 38.3 Å². The number of hydrogen-bond acceptors (Lipinski definition) is 2. The van der Waals surface area contributed by atoms with E-state index in [1.54, 1.807) is 0 Å². The Balaban J connectivity index is 1.98. The van der Waals surface area contributed by atoms with Gasteiger partial charge in [0, 0.05) is 24.4 Å². The van der Waals surface area contributed by atoms with E-state index in [4.69, 9.17) is 0 Å². The lowest BCUT2D eigenvalue weighted by molar-refractivity contribution is -0.132. The molecule has 3 rings (SSSR count). The van der Waals surface area contributed by atoms with Crippen molar-refractivity contribution in [2.75, 3.05) is 7.05 Å². The summed E-state index contributed by atoms with van der Waals surface area (Å²) in [5, 5.41) is 0. The van der Waals surface area contributed by atoms with Crippen LogP contribution in [-0.4, -0.2) is 17.7 Å². The number of benzene rings is 2. The molecule has 23 heavy (non-hydrogen) atoms. The standard InChI is InChI=1S/C21H25NO/c1-3-10-18-20(23)15-19(16-11-6-4-7-12-16)22(2)21(18)17-13-8-5-9-14-17/h4-9,11-14,18-19,21H,3,10,15H2,1-2H3/t18-,19+,21+/m1/s1. The number of Topliss-reactive ketones (excluding diaryl/α,β-unsaturated/α-hetero) is 1. The second-order valence-corrected chi connectivity index (χ2v) is 6.51. The summed E-state index contributed by atoms with van der Waals surface area (Å²) >= 11 is 0. The van der Waals surface area contributed by atoms with Gasteiger partial charge in [-0.3, -0.25) is 9.69 Å². The molecule has 0 N–H and O–H groups in total. The van der Waals surface area contributed by atoms with Crippen molar-refractivity contribution in [2.24, 2.45) is 5.92 Å². The van der Waals surface area contributed by atoms with E-state index >= 15 is 0 Å². The van der Waals surface area contributed by atoms with Gasteiger partial charge in [0.15, 0.2) is 0 Å². The third-order valence-electron chi connectivity index (χ3n) is 5.04. The molecule has 0 spiro atoms. The minimum absolute atomic E-state index is 0.104. The van der Waals surface area contributed by atoms with E-state index in [9.17, 15) is 4.79 Å². The van der Waals surface area contributed by atoms with Gasteiger partial charge in [0.05, 0.1) is 0 Å². The third kappa shape index (κ3) is 3.23. The van der Waals surface area contributed by atoms with Crippen LogP contribution in [0.5, 0.6) is 0 Å². The van der Waals surface area contributed by atoms with Crippen LogP contribution in [0, 0.1) is 5.92 Å². The summed E-state index contributed by atoms with van der Waals surface area (Å²) in [6, 6.07) is 21.3. The summed E-state index contributed by atoms with van der Waals surface area (Å²) in [6.07, 6.45) is 2.63. The van der Waals surface area contributed by atoms with Crippen molar-refractivity contribution in [3.8, 4) is 0 Å². The Hall–Kier alpha value is -1.93. The minimum atomic E-state index is 0.104. The first-order chi connectivity index (χ1) is 11.2. The van der Waals surface area contributed by atoms with Gasteiger partial charge in [-0.1, -0.05) is 74.0 Å². The highest BCUT2D eigenvalue weighted by Crippen LogP contribution is 2.43. The quantitative estimate of drug-likeness (QED) is 0.809. The molecule has 1 aliphatic heterocycles. The average Bonchev–Trinajstić information content (AvgIpc) is 2.60. The van der Waals surface area contributed by atoms with Crippen molar-refractivity contribution in [3.05, 3.63) is 71.8 Å². The maximum Gasteiger partial charge on any atom is 0.139 e. The maximum absolute atomic E-state index is 12.9. The zero-order valence-corrected chi connectivity index (χ0v) is 14.0. The molecule has 0 aromatic heterocycles. The van der Waals surface area contributed by atoms with Gasteiger partial charge in [-0.25, -0.2) is 0 Å². The van der Waals surface area contributed by atoms with Gasteiger partial charge < -0.3 is 0 Å². The highest BCUT2D eigenvalue weighted by molar-refractivity contribution is 5.83. The topological polar surface area (TPSA) is 20.3 Å². The molecule has 1 saturated heterocycles. The Morgan fingerprint density at radius 3 is 2.09 bits per heavy atom. The van der Waals surface area contributed by atoms with Crippen molar-refractivity contribution < 1.29 is 4.79 Å². The average molecular weight is 307 g/mol. The monoisotopic (exact) mass is 307 g/mol. The molecule has 0 saturated carbocycles. The van der Waals surface area contributed by atoms with Gasteiger partial charge >= 0.3 is 0 Å². The van der Waals surface area contributed by atoms with Gasteiger partial charge in [-0.15, -0.1) is 0 Å². The number of hydrogen-bond donors (Lipinski definition) is 0. The van der Waals surface area contributed by atoms with E-state index in [1.807, 2.05) is 12.1 Å². The fraction of sp³-hybridized carbons (Fsp3) is 0.381. The third-order valence-corrected chi connectivity index (χ3v) is 5.04. The first-order valence-corrected chi connectivity index (χ1v) is 8.57. The van der Waals surface area contributed by atoms with Crippen LogP contribution >= 0.6 is 0 Å². The predicted octanol–water partition coefficient (Wildman–Crippen LogP) is 4.79. The fourth-order valence-electron chi connectivity index (χ4n) is 3.92. The number of rotatable bonds is 4. The van der Waals surface area contributed by atoms with E-state index in [-0.39, 0.29) is 18.0 Å². The van der Waals surface area contributed by atoms with E-state index in [0.717, 1.165) is 12.8 Å². The predicted molar refractivity (Wildman–Crippen MR) is 94.2 cm³/mol. The van der Waals surface area contributed by atoms with Gasteiger partial charge in [0.2, 0.25) is 0 Å². The molecular weight excluding hydrogens is 282 g/mol. The van der Waals surface area contributed by atoms with Crippen molar-refractivity contribution in [1.29, 1.82) is 0 Å². The van der Waals surface area contributed by atoms with Crippen LogP contribution in [0.25, 0.3) is 0 Å². The lowest BCUT2D eigenvalue weighted by Gasteiger charge is -2.44. The molecule has 2 nitrogen and oxygen atoms in total. The summed E-state index contributed by atoms with van der Waals surface area (Å²) in [5.74, 6) is 0.514. The Kier molecular flexibility index (Phi) is 4.92. The number of likely N-dealkylation sites (tertiary alicyclic amines) is 1. The molecule has 0 bridgehead atoms. The Labute approximate surface area is 139 Å². The number of piperidine rings is 1. The van der Waals surface area contributed by atoms with Crippen LogP contribution in [-0.2, 0) is 4.79 Å². The largest absolute Gasteiger partial charge is 0.299 e. The van der Waals surface area contributed by atoms with Gasteiger partial charge in [0.25, 0.3) is 0 Å².